The number of benzene rings is 1. The Hall–Kier alpha value is -1.69. The van der Waals surface area contributed by atoms with E-state index in [1.807, 2.05) is 30.3 Å². The molecule has 5 nitrogen and oxygen atoms in total. The van der Waals surface area contributed by atoms with Crippen LogP contribution < -0.4 is 4.74 Å². The third-order valence-corrected chi connectivity index (χ3v) is 3.34. The Morgan fingerprint density at radius 1 is 1.35 bits per heavy atom. The summed E-state index contributed by atoms with van der Waals surface area (Å²) < 4.78 is 21.8. The number of rotatable bonds is 5. The zero-order valence-corrected chi connectivity index (χ0v) is 10.1. The molecule has 0 fully saturated rings. The van der Waals surface area contributed by atoms with Crippen molar-refractivity contribution in [1.29, 1.82) is 0 Å². The lowest BCUT2D eigenvalue weighted by Crippen LogP contribution is -2.08. The quantitative estimate of drug-likeness (QED) is 0.808. The minimum absolute atomic E-state index is 0.118. The molecule has 0 bridgehead atoms. The van der Waals surface area contributed by atoms with Crippen LogP contribution in [0.15, 0.2) is 39.8 Å². The predicted molar refractivity (Wildman–Crippen MR) is 62.2 cm³/mol. The van der Waals surface area contributed by atoms with Crippen molar-refractivity contribution in [1.82, 2.24) is 10.1 Å². The molecule has 1 atom stereocenters. The van der Waals surface area contributed by atoms with Gasteiger partial charge in [-0.05, 0) is 19.1 Å². The first kappa shape index (κ1) is 11.8. The van der Waals surface area contributed by atoms with Crippen molar-refractivity contribution < 1.29 is 13.5 Å². The first-order valence-electron chi connectivity index (χ1n) is 5.12. The van der Waals surface area contributed by atoms with E-state index in [0.717, 1.165) is 4.90 Å². The maximum absolute atomic E-state index is 11.8. The van der Waals surface area contributed by atoms with Crippen LogP contribution in [0.25, 0.3) is 0 Å². The average molecular weight is 252 g/mol. The maximum Gasteiger partial charge on any atom is 0.417 e. The van der Waals surface area contributed by atoms with Crippen LogP contribution in [-0.2, 0) is 10.8 Å². The molecule has 2 rings (SSSR count). The van der Waals surface area contributed by atoms with Crippen molar-refractivity contribution >= 4 is 10.8 Å². The van der Waals surface area contributed by atoms with Crippen LogP contribution in [0.3, 0.4) is 0 Å². The molecule has 0 saturated carbocycles. The monoisotopic (exact) mass is 252 g/mol. The molecule has 0 radical (unpaired) electrons. The van der Waals surface area contributed by atoms with Crippen molar-refractivity contribution in [2.75, 3.05) is 12.4 Å². The molecule has 6 heteroatoms. The van der Waals surface area contributed by atoms with E-state index in [-0.39, 0.29) is 12.7 Å². The second kappa shape index (κ2) is 5.58. The molecule has 1 heterocycles. The van der Waals surface area contributed by atoms with E-state index < -0.39 is 10.8 Å². The van der Waals surface area contributed by atoms with Crippen molar-refractivity contribution in [3.05, 3.63) is 36.2 Å². The smallest absolute Gasteiger partial charge is 0.417 e. The Labute approximate surface area is 101 Å². The second-order valence-corrected chi connectivity index (χ2v) is 4.89. The normalized spacial score (nSPS) is 12.3. The Morgan fingerprint density at radius 3 is 2.76 bits per heavy atom. The number of aromatic nitrogens is 2. The topological polar surface area (TPSA) is 65.2 Å². The van der Waals surface area contributed by atoms with E-state index in [4.69, 9.17) is 9.26 Å². The molecule has 17 heavy (non-hydrogen) atoms. The fraction of sp³-hybridized carbons (Fsp3) is 0.273. The first-order valence-corrected chi connectivity index (χ1v) is 6.44. The highest BCUT2D eigenvalue weighted by Crippen LogP contribution is 2.08. The van der Waals surface area contributed by atoms with Gasteiger partial charge in [0.05, 0.1) is 16.6 Å². The van der Waals surface area contributed by atoms with Crippen LogP contribution in [0.1, 0.15) is 5.82 Å². The third kappa shape index (κ3) is 3.39. The third-order valence-electron chi connectivity index (χ3n) is 2.01. The lowest BCUT2D eigenvalue weighted by Gasteiger charge is -2.01. The molecule has 1 aromatic carbocycles. The Balaban J connectivity index is 1.81. The van der Waals surface area contributed by atoms with E-state index in [2.05, 4.69) is 10.1 Å². The van der Waals surface area contributed by atoms with Gasteiger partial charge in [0, 0.05) is 4.90 Å². The summed E-state index contributed by atoms with van der Waals surface area (Å²) in [4.78, 5) is 4.67. The molecule has 1 aromatic heterocycles. The Morgan fingerprint density at radius 2 is 2.12 bits per heavy atom. The van der Waals surface area contributed by atoms with E-state index in [1.165, 1.54) is 0 Å². The van der Waals surface area contributed by atoms with Crippen LogP contribution in [0.4, 0.5) is 0 Å². The lowest BCUT2D eigenvalue weighted by atomic mass is 10.4. The molecule has 0 spiro atoms. The van der Waals surface area contributed by atoms with Gasteiger partial charge in [0.1, 0.15) is 6.61 Å². The van der Waals surface area contributed by atoms with Gasteiger partial charge in [0.2, 0.25) is 0 Å². The van der Waals surface area contributed by atoms with E-state index in [9.17, 15) is 4.21 Å². The van der Waals surface area contributed by atoms with Crippen molar-refractivity contribution in [2.24, 2.45) is 0 Å². The van der Waals surface area contributed by atoms with Gasteiger partial charge in [-0.15, -0.1) is 0 Å². The zero-order valence-electron chi connectivity index (χ0n) is 9.33. The minimum Gasteiger partial charge on any atom is -0.448 e. The predicted octanol–water partition coefficient (Wildman–Crippen LogP) is 1.56. The molecule has 0 amide bonds. The SMILES string of the molecule is Cc1noc(OCCS(=O)c2ccccc2)n1. The molecular formula is C11H12N2O3S. The molecule has 0 aliphatic heterocycles. The summed E-state index contributed by atoms with van der Waals surface area (Å²) in [5, 5.41) is 3.59. The number of aryl methyl sites for hydroxylation is 1. The highest BCUT2D eigenvalue weighted by Gasteiger charge is 2.06. The molecule has 0 aliphatic carbocycles. The van der Waals surface area contributed by atoms with Crippen molar-refractivity contribution in [3.63, 3.8) is 0 Å². The number of nitrogens with zero attached hydrogens (tertiary/aromatic N) is 2. The molecule has 0 aliphatic rings. The number of hydrogen-bond acceptors (Lipinski definition) is 5. The van der Waals surface area contributed by atoms with Crippen LogP contribution in [0.5, 0.6) is 6.08 Å². The molecule has 1 unspecified atom stereocenters. The molecular weight excluding hydrogens is 240 g/mol. The van der Waals surface area contributed by atoms with Gasteiger partial charge in [-0.1, -0.05) is 23.4 Å². The van der Waals surface area contributed by atoms with Crippen LogP contribution in [-0.4, -0.2) is 26.7 Å². The van der Waals surface area contributed by atoms with Crippen LogP contribution in [0, 0.1) is 6.92 Å². The van der Waals surface area contributed by atoms with E-state index in [1.54, 1.807) is 6.92 Å². The molecule has 0 N–H and O–H groups in total. The zero-order chi connectivity index (χ0) is 12.1. The molecule has 90 valence electrons. The average Bonchev–Trinajstić information content (AvgIpc) is 2.76. The summed E-state index contributed by atoms with van der Waals surface area (Å²) in [6.45, 7) is 1.99. The number of ether oxygens (including phenoxy) is 1. The fourth-order valence-corrected chi connectivity index (χ4v) is 2.16. The Kier molecular flexibility index (Phi) is 3.87. The highest BCUT2D eigenvalue weighted by molar-refractivity contribution is 7.85. The second-order valence-electron chi connectivity index (χ2n) is 3.32. The molecule has 0 saturated heterocycles. The maximum atomic E-state index is 11.8. The van der Waals surface area contributed by atoms with E-state index in [0.29, 0.717) is 11.6 Å². The summed E-state index contributed by atoms with van der Waals surface area (Å²) >= 11 is 0. The first-order chi connectivity index (χ1) is 8.25. The van der Waals surface area contributed by atoms with Crippen LogP contribution in [0.2, 0.25) is 0 Å². The Bertz CT molecular complexity index is 498. The van der Waals surface area contributed by atoms with Crippen molar-refractivity contribution in [3.8, 4) is 6.08 Å². The van der Waals surface area contributed by atoms with E-state index >= 15 is 0 Å². The fourth-order valence-electron chi connectivity index (χ4n) is 1.23. The number of hydrogen-bond donors (Lipinski definition) is 0. The summed E-state index contributed by atoms with van der Waals surface area (Å²) in [5.74, 6) is 0.912. The summed E-state index contributed by atoms with van der Waals surface area (Å²) in [6.07, 6.45) is 0.118. The molecule has 2 aromatic rings. The van der Waals surface area contributed by atoms with Gasteiger partial charge in [0.25, 0.3) is 0 Å². The van der Waals surface area contributed by atoms with Gasteiger partial charge in [-0.3, -0.25) is 8.73 Å². The minimum atomic E-state index is -1.07. The van der Waals surface area contributed by atoms with Gasteiger partial charge < -0.3 is 4.74 Å². The highest BCUT2D eigenvalue weighted by atomic mass is 32.2. The van der Waals surface area contributed by atoms with Gasteiger partial charge in [-0.25, -0.2) is 0 Å². The summed E-state index contributed by atoms with van der Waals surface area (Å²) in [7, 11) is -1.07. The van der Waals surface area contributed by atoms with Crippen LogP contribution >= 0.6 is 0 Å². The summed E-state index contributed by atoms with van der Waals surface area (Å²) in [5.41, 5.74) is 0. The van der Waals surface area contributed by atoms with Gasteiger partial charge in [-0.2, -0.15) is 4.98 Å². The lowest BCUT2D eigenvalue weighted by molar-refractivity contribution is 0.216. The van der Waals surface area contributed by atoms with Gasteiger partial charge >= 0.3 is 6.08 Å². The van der Waals surface area contributed by atoms with Crippen molar-refractivity contribution in [2.45, 2.75) is 11.8 Å². The largest absolute Gasteiger partial charge is 0.448 e. The van der Waals surface area contributed by atoms with Gasteiger partial charge in [0.15, 0.2) is 5.82 Å². The standard InChI is InChI=1S/C11H12N2O3S/c1-9-12-11(16-13-9)15-7-8-17(14)10-5-3-2-4-6-10/h2-6H,7-8H2,1H3. The summed E-state index contributed by atoms with van der Waals surface area (Å²) in [6, 6.07) is 9.25.